The van der Waals surface area contributed by atoms with Crippen molar-refractivity contribution in [1.29, 1.82) is 0 Å². The van der Waals surface area contributed by atoms with E-state index in [4.69, 9.17) is 4.74 Å². The summed E-state index contributed by atoms with van der Waals surface area (Å²) in [6.07, 6.45) is 4.19. The van der Waals surface area contributed by atoms with Crippen molar-refractivity contribution in [2.75, 3.05) is 19.0 Å². The van der Waals surface area contributed by atoms with Gasteiger partial charge in [-0.25, -0.2) is 9.97 Å². The third kappa shape index (κ3) is 5.51. The van der Waals surface area contributed by atoms with Crippen LogP contribution >= 0.6 is 0 Å². The van der Waals surface area contributed by atoms with E-state index in [1.54, 1.807) is 25.6 Å². The Morgan fingerprint density at radius 3 is 2.50 bits per heavy atom. The van der Waals surface area contributed by atoms with Gasteiger partial charge in [0.1, 0.15) is 11.4 Å². The zero-order valence-electron chi connectivity index (χ0n) is 16.0. The first-order chi connectivity index (χ1) is 13.6. The number of carbonyl (C=O) groups is 1. The monoisotopic (exact) mass is 377 g/mol. The number of methoxy groups -OCH3 is 1. The summed E-state index contributed by atoms with van der Waals surface area (Å²) in [6.45, 7) is 2.92. The van der Waals surface area contributed by atoms with Crippen LogP contribution in [0.3, 0.4) is 0 Å². The van der Waals surface area contributed by atoms with Gasteiger partial charge in [-0.3, -0.25) is 9.78 Å². The second-order valence-electron chi connectivity index (χ2n) is 6.28. The highest BCUT2D eigenvalue weighted by atomic mass is 16.5. The van der Waals surface area contributed by atoms with Gasteiger partial charge in [0, 0.05) is 31.2 Å². The van der Waals surface area contributed by atoms with Gasteiger partial charge in [-0.15, -0.1) is 0 Å². The maximum atomic E-state index is 12.5. The van der Waals surface area contributed by atoms with Crippen molar-refractivity contribution in [1.82, 2.24) is 20.3 Å². The number of amides is 1. The molecule has 0 saturated carbocycles. The van der Waals surface area contributed by atoms with Crippen molar-refractivity contribution in [2.45, 2.75) is 19.9 Å². The van der Waals surface area contributed by atoms with E-state index in [2.05, 4.69) is 25.6 Å². The number of hydrogen-bond donors (Lipinski definition) is 2. The number of ether oxygens (including phenoxy) is 1. The van der Waals surface area contributed by atoms with E-state index in [1.807, 2.05) is 43.3 Å². The molecule has 144 valence electrons. The molecule has 3 aromatic rings. The number of nitrogens with zero attached hydrogens (tertiary/aromatic N) is 3. The SMILES string of the molecule is COc1ccc(CCNC(=O)c2cc(C)nc(NCc3ccncc3)n2)cc1. The van der Waals surface area contributed by atoms with Crippen molar-refractivity contribution in [2.24, 2.45) is 0 Å². The Morgan fingerprint density at radius 2 is 1.79 bits per heavy atom. The first kappa shape index (κ1) is 19.3. The summed E-state index contributed by atoms with van der Waals surface area (Å²) in [4.78, 5) is 25.1. The lowest BCUT2D eigenvalue weighted by Crippen LogP contribution is -2.27. The smallest absolute Gasteiger partial charge is 0.270 e. The summed E-state index contributed by atoms with van der Waals surface area (Å²) in [5.41, 5.74) is 3.26. The molecule has 3 rings (SSSR count). The number of nitrogens with one attached hydrogen (secondary N) is 2. The van der Waals surface area contributed by atoms with Crippen LogP contribution in [0, 0.1) is 6.92 Å². The van der Waals surface area contributed by atoms with Crippen LogP contribution in [-0.2, 0) is 13.0 Å². The molecule has 2 heterocycles. The third-order valence-corrected chi connectivity index (χ3v) is 4.15. The zero-order chi connectivity index (χ0) is 19.8. The average Bonchev–Trinajstić information content (AvgIpc) is 2.73. The molecule has 0 aliphatic heterocycles. The van der Waals surface area contributed by atoms with E-state index in [-0.39, 0.29) is 5.91 Å². The van der Waals surface area contributed by atoms with Crippen LogP contribution in [0.1, 0.15) is 27.3 Å². The fourth-order valence-corrected chi connectivity index (χ4v) is 2.65. The van der Waals surface area contributed by atoms with Gasteiger partial charge in [-0.1, -0.05) is 12.1 Å². The number of aryl methyl sites for hydroxylation is 1. The van der Waals surface area contributed by atoms with E-state index >= 15 is 0 Å². The van der Waals surface area contributed by atoms with Crippen LogP contribution < -0.4 is 15.4 Å². The molecular weight excluding hydrogens is 354 g/mol. The number of rotatable bonds is 8. The molecule has 2 N–H and O–H groups in total. The molecular formula is C21H23N5O2. The lowest BCUT2D eigenvalue weighted by atomic mass is 10.1. The highest BCUT2D eigenvalue weighted by Gasteiger charge is 2.10. The second-order valence-corrected chi connectivity index (χ2v) is 6.28. The van der Waals surface area contributed by atoms with Gasteiger partial charge >= 0.3 is 0 Å². The summed E-state index contributed by atoms with van der Waals surface area (Å²) in [7, 11) is 1.64. The predicted molar refractivity (Wildman–Crippen MR) is 107 cm³/mol. The summed E-state index contributed by atoms with van der Waals surface area (Å²) in [6, 6.07) is 13.3. The quantitative estimate of drug-likeness (QED) is 0.627. The summed E-state index contributed by atoms with van der Waals surface area (Å²) in [5, 5.41) is 6.06. The fourth-order valence-electron chi connectivity index (χ4n) is 2.65. The molecule has 7 heteroatoms. The molecule has 7 nitrogen and oxygen atoms in total. The molecule has 0 unspecified atom stereocenters. The number of anilines is 1. The van der Waals surface area contributed by atoms with Gasteiger partial charge in [0.05, 0.1) is 7.11 Å². The van der Waals surface area contributed by atoms with Crippen LogP contribution in [0.2, 0.25) is 0 Å². The van der Waals surface area contributed by atoms with Crippen molar-refractivity contribution >= 4 is 11.9 Å². The fraction of sp³-hybridized carbons (Fsp3) is 0.238. The largest absolute Gasteiger partial charge is 0.497 e. The Morgan fingerprint density at radius 1 is 1.04 bits per heavy atom. The normalized spacial score (nSPS) is 10.4. The Kier molecular flexibility index (Phi) is 6.51. The number of benzene rings is 1. The van der Waals surface area contributed by atoms with Crippen molar-refractivity contribution in [3.05, 3.63) is 77.4 Å². The van der Waals surface area contributed by atoms with Crippen LogP contribution in [0.4, 0.5) is 5.95 Å². The van der Waals surface area contributed by atoms with E-state index < -0.39 is 0 Å². The van der Waals surface area contributed by atoms with E-state index in [0.717, 1.165) is 29.0 Å². The maximum absolute atomic E-state index is 12.5. The minimum Gasteiger partial charge on any atom is -0.497 e. The zero-order valence-corrected chi connectivity index (χ0v) is 16.0. The number of pyridine rings is 1. The lowest BCUT2D eigenvalue weighted by Gasteiger charge is -2.09. The van der Waals surface area contributed by atoms with Gasteiger partial charge < -0.3 is 15.4 Å². The molecule has 2 aromatic heterocycles. The van der Waals surface area contributed by atoms with Crippen molar-refractivity contribution in [3.63, 3.8) is 0 Å². The minimum atomic E-state index is -0.217. The molecule has 1 aromatic carbocycles. The van der Waals surface area contributed by atoms with Crippen LogP contribution in [0.15, 0.2) is 54.9 Å². The Labute approximate surface area is 164 Å². The van der Waals surface area contributed by atoms with Gasteiger partial charge in [0.2, 0.25) is 5.95 Å². The lowest BCUT2D eigenvalue weighted by molar-refractivity contribution is 0.0949. The topological polar surface area (TPSA) is 89.0 Å². The average molecular weight is 377 g/mol. The summed E-state index contributed by atoms with van der Waals surface area (Å²) in [5.74, 6) is 1.03. The minimum absolute atomic E-state index is 0.217. The molecule has 0 radical (unpaired) electrons. The Bertz CT molecular complexity index is 914. The van der Waals surface area contributed by atoms with Crippen LogP contribution in [0.5, 0.6) is 5.75 Å². The molecule has 0 bridgehead atoms. The number of carbonyl (C=O) groups excluding carboxylic acids is 1. The molecule has 0 fully saturated rings. The van der Waals surface area contributed by atoms with Gasteiger partial charge in [-0.05, 0) is 54.8 Å². The number of hydrogen-bond acceptors (Lipinski definition) is 6. The molecule has 0 aliphatic carbocycles. The first-order valence-electron chi connectivity index (χ1n) is 9.03. The molecule has 1 amide bonds. The van der Waals surface area contributed by atoms with Crippen molar-refractivity contribution in [3.8, 4) is 5.75 Å². The first-order valence-corrected chi connectivity index (χ1v) is 9.03. The highest BCUT2D eigenvalue weighted by Crippen LogP contribution is 2.11. The Hall–Kier alpha value is -3.48. The van der Waals surface area contributed by atoms with E-state index in [9.17, 15) is 4.79 Å². The molecule has 28 heavy (non-hydrogen) atoms. The molecule has 0 spiro atoms. The van der Waals surface area contributed by atoms with Crippen LogP contribution in [0.25, 0.3) is 0 Å². The van der Waals surface area contributed by atoms with Crippen molar-refractivity contribution < 1.29 is 9.53 Å². The highest BCUT2D eigenvalue weighted by molar-refractivity contribution is 5.92. The summed E-state index contributed by atoms with van der Waals surface area (Å²) >= 11 is 0. The van der Waals surface area contributed by atoms with E-state index in [1.165, 1.54) is 0 Å². The van der Waals surface area contributed by atoms with Crippen LogP contribution in [-0.4, -0.2) is 34.5 Å². The second kappa shape index (κ2) is 9.45. The third-order valence-electron chi connectivity index (χ3n) is 4.15. The summed E-state index contributed by atoms with van der Waals surface area (Å²) < 4.78 is 5.15. The standard InChI is InChI=1S/C21H23N5O2/c1-15-13-19(26-21(25-15)24-14-17-7-10-22-11-8-17)20(27)23-12-9-16-3-5-18(28-2)6-4-16/h3-8,10-11,13H,9,12,14H2,1-2H3,(H,23,27)(H,24,25,26). The predicted octanol–water partition coefficient (Wildman–Crippen LogP) is 2.77. The maximum Gasteiger partial charge on any atom is 0.270 e. The molecule has 0 atom stereocenters. The van der Waals surface area contributed by atoms with Gasteiger partial charge in [-0.2, -0.15) is 0 Å². The van der Waals surface area contributed by atoms with Gasteiger partial charge in [0.25, 0.3) is 5.91 Å². The Balaban J connectivity index is 1.55. The number of aromatic nitrogens is 3. The molecule has 0 saturated heterocycles. The van der Waals surface area contributed by atoms with E-state index in [0.29, 0.717) is 24.7 Å². The van der Waals surface area contributed by atoms with Gasteiger partial charge in [0.15, 0.2) is 0 Å². The molecule has 0 aliphatic rings.